The van der Waals surface area contributed by atoms with Crippen molar-refractivity contribution in [3.8, 4) is 5.75 Å². The third-order valence-corrected chi connectivity index (χ3v) is 6.13. The fourth-order valence-electron chi connectivity index (χ4n) is 4.36. The van der Waals surface area contributed by atoms with Gasteiger partial charge in [0.1, 0.15) is 5.75 Å². The Morgan fingerprint density at radius 1 is 1.19 bits per heavy atom. The average molecular weight is 426 g/mol. The topological polar surface area (TPSA) is 65.0 Å². The quantitative estimate of drug-likeness (QED) is 0.681. The van der Waals surface area contributed by atoms with Crippen LogP contribution in [-0.4, -0.2) is 72.8 Å². The Labute approximate surface area is 185 Å². The molecule has 2 aromatic rings. The first-order valence-corrected chi connectivity index (χ1v) is 11.2. The second-order valence-corrected chi connectivity index (χ2v) is 8.12. The predicted octanol–water partition coefficient (Wildman–Crippen LogP) is 2.92. The van der Waals surface area contributed by atoms with Crippen molar-refractivity contribution < 1.29 is 14.6 Å². The molecule has 1 heterocycles. The van der Waals surface area contributed by atoms with Crippen molar-refractivity contribution in [1.29, 1.82) is 0 Å². The average Bonchev–Trinajstić information content (AvgIpc) is 2.81. The van der Waals surface area contributed by atoms with Crippen LogP contribution >= 0.6 is 0 Å². The summed E-state index contributed by atoms with van der Waals surface area (Å²) in [7, 11) is 1.67. The Balaban J connectivity index is 2.00. The summed E-state index contributed by atoms with van der Waals surface area (Å²) in [6.07, 6.45) is 0. The number of carbonyl (C=O) groups excluding carboxylic acids is 1. The Bertz CT molecular complexity index is 851. The molecule has 6 heteroatoms. The van der Waals surface area contributed by atoms with Crippen molar-refractivity contribution >= 4 is 5.91 Å². The van der Waals surface area contributed by atoms with Gasteiger partial charge < -0.3 is 20.1 Å². The smallest absolute Gasteiger partial charge is 0.253 e. The molecule has 168 valence electrons. The zero-order valence-corrected chi connectivity index (χ0v) is 19.0. The highest BCUT2D eigenvalue weighted by atomic mass is 16.5. The van der Waals surface area contributed by atoms with Crippen molar-refractivity contribution in [2.45, 2.75) is 38.9 Å². The van der Waals surface area contributed by atoms with E-state index in [1.807, 2.05) is 55.1 Å². The zero-order valence-electron chi connectivity index (χ0n) is 19.0. The van der Waals surface area contributed by atoms with E-state index >= 15 is 0 Å². The summed E-state index contributed by atoms with van der Waals surface area (Å²) in [5.41, 5.74) is 2.90. The van der Waals surface area contributed by atoms with E-state index in [4.69, 9.17) is 4.74 Å². The first kappa shape index (κ1) is 23.3. The molecule has 0 aliphatic carbocycles. The molecule has 1 aliphatic heterocycles. The Hall–Kier alpha value is -2.41. The summed E-state index contributed by atoms with van der Waals surface area (Å²) in [6.45, 7) is 9.17. The largest absolute Gasteiger partial charge is 0.497 e. The highest BCUT2D eigenvalue weighted by Gasteiger charge is 2.33. The lowest BCUT2D eigenvalue weighted by Crippen LogP contribution is -2.57. The summed E-state index contributed by atoms with van der Waals surface area (Å²) in [4.78, 5) is 16.9. The van der Waals surface area contributed by atoms with Crippen LogP contribution in [0.5, 0.6) is 5.75 Å². The van der Waals surface area contributed by atoms with Crippen LogP contribution < -0.4 is 10.1 Å². The minimum Gasteiger partial charge on any atom is -0.497 e. The Kier molecular flexibility index (Phi) is 8.07. The molecule has 0 saturated carbocycles. The first-order chi connectivity index (χ1) is 15.0. The molecule has 0 bridgehead atoms. The summed E-state index contributed by atoms with van der Waals surface area (Å²) in [5.74, 6) is 0.859. The molecule has 3 rings (SSSR count). The van der Waals surface area contributed by atoms with Crippen molar-refractivity contribution in [3.63, 3.8) is 0 Å². The fourth-order valence-corrected chi connectivity index (χ4v) is 4.36. The van der Waals surface area contributed by atoms with Gasteiger partial charge in [0.15, 0.2) is 0 Å². The first-order valence-electron chi connectivity index (χ1n) is 11.2. The van der Waals surface area contributed by atoms with Crippen LogP contribution in [0.25, 0.3) is 0 Å². The number of rotatable bonds is 8. The highest BCUT2D eigenvalue weighted by molar-refractivity contribution is 5.94. The molecule has 2 N–H and O–H groups in total. The summed E-state index contributed by atoms with van der Waals surface area (Å²) in [6, 6.07) is 16.3. The van der Waals surface area contributed by atoms with Crippen molar-refractivity contribution in [1.82, 2.24) is 15.1 Å². The van der Waals surface area contributed by atoms with Gasteiger partial charge in [-0.1, -0.05) is 24.3 Å². The SMILES string of the molecule is CCN(CC)C(=O)c1ccc(C(c2cccc(OC)c2)N2CC(C)NCC2CO)cc1. The van der Waals surface area contributed by atoms with Gasteiger partial charge in [0.05, 0.1) is 19.8 Å². The van der Waals surface area contributed by atoms with E-state index in [0.717, 1.165) is 30.0 Å². The number of aliphatic hydroxyl groups is 1. The lowest BCUT2D eigenvalue weighted by Gasteiger charge is -2.43. The van der Waals surface area contributed by atoms with E-state index in [1.165, 1.54) is 0 Å². The molecule has 2 aromatic carbocycles. The molecule has 0 radical (unpaired) electrons. The van der Waals surface area contributed by atoms with Gasteiger partial charge in [-0.3, -0.25) is 9.69 Å². The van der Waals surface area contributed by atoms with Crippen molar-refractivity contribution in [3.05, 3.63) is 65.2 Å². The molecule has 1 amide bonds. The van der Waals surface area contributed by atoms with Crippen LogP contribution in [0.3, 0.4) is 0 Å². The third kappa shape index (κ3) is 5.26. The van der Waals surface area contributed by atoms with Crippen LogP contribution in [0, 0.1) is 0 Å². The number of ether oxygens (including phenoxy) is 1. The standard InChI is InChI=1S/C25H35N3O3/c1-5-27(6-2)25(30)20-12-10-19(11-13-20)24(21-8-7-9-23(14-21)31-4)28-16-18(3)26-15-22(28)17-29/h7-14,18,22,24,26,29H,5-6,15-17H2,1-4H3. The Morgan fingerprint density at radius 3 is 2.52 bits per heavy atom. The molecule has 0 aromatic heterocycles. The van der Waals surface area contributed by atoms with Gasteiger partial charge in [-0.15, -0.1) is 0 Å². The van der Waals surface area contributed by atoms with Gasteiger partial charge in [0, 0.05) is 43.8 Å². The number of methoxy groups -OCH3 is 1. The maximum absolute atomic E-state index is 12.7. The van der Waals surface area contributed by atoms with Gasteiger partial charge in [0.25, 0.3) is 5.91 Å². The van der Waals surface area contributed by atoms with Crippen LogP contribution in [0.2, 0.25) is 0 Å². The maximum Gasteiger partial charge on any atom is 0.253 e. The second-order valence-electron chi connectivity index (χ2n) is 8.12. The van der Waals surface area contributed by atoms with Gasteiger partial charge >= 0.3 is 0 Å². The van der Waals surface area contributed by atoms with Gasteiger partial charge in [0.2, 0.25) is 0 Å². The summed E-state index contributed by atoms with van der Waals surface area (Å²) < 4.78 is 5.47. The molecule has 31 heavy (non-hydrogen) atoms. The number of benzene rings is 2. The number of aliphatic hydroxyl groups excluding tert-OH is 1. The van der Waals surface area contributed by atoms with Crippen molar-refractivity contribution in [2.75, 3.05) is 39.9 Å². The van der Waals surface area contributed by atoms with E-state index in [2.05, 4.69) is 29.3 Å². The second kappa shape index (κ2) is 10.8. The molecule has 1 saturated heterocycles. The summed E-state index contributed by atoms with van der Waals surface area (Å²) in [5, 5.41) is 13.5. The molecule has 1 fully saturated rings. The number of carbonyl (C=O) groups is 1. The number of amides is 1. The normalized spacial score (nSPS) is 20.3. The van der Waals surface area contributed by atoms with E-state index < -0.39 is 0 Å². The van der Waals surface area contributed by atoms with Gasteiger partial charge in [-0.25, -0.2) is 0 Å². The molecular formula is C25H35N3O3. The molecule has 1 aliphatic rings. The minimum absolute atomic E-state index is 0.00406. The fraction of sp³-hybridized carbons (Fsp3) is 0.480. The number of nitrogens with zero attached hydrogens (tertiary/aromatic N) is 2. The van der Waals surface area contributed by atoms with E-state index in [0.29, 0.717) is 24.7 Å². The monoisotopic (exact) mass is 425 g/mol. The predicted molar refractivity (Wildman–Crippen MR) is 124 cm³/mol. The maximum atomic E-state index is 12.7. The number of nitrogens with one attached hydrogen (secondary N) is 1. The van der Waals surface area contributed by atoms with E-state index in [1.54, 1.807) is 7.11 Å². The summed E-state index contributed by atoms with van der Waals surface area (Å²) >= 11 is 0. The van der Waals surface area contributed by atoms with Crippen LogP contribution in [-0.2, 0) is 0 Å². The Morgan fingerprint density at radius 2 is 1.90 bits per heavy atom. The number of hydrogen-bond acceptors (Lipinski definition) is 5. The van der Waals surface area contributed by atoms with Gasteiger partial charge in [-0.05, 0) is 56.2 Å². The zero-order chi connectivity index (χ0) is 22.4. The molecule has 3 atom stereocenters. The molecule has 6 nitrogen and oxygen atoms in total. The lowest BCUT2D eigenvalue weighted by molar-refractivity contribution is 0.0602. The number of hydrogen-bond donors (Lipinski definition) is 2. The van der Waals surface area contributed by atoms with Crippen LogP contribution in [0.1, 0.15) is 48.3 Å². The number of piperazine rings is 1. The van der Waals surface area contributed by atoms with E-state index in [-0.39, 0.29) is 24.6 Å². The molecule has 0 spiro atoms. The third-order valence-electron chi connectivity index (χ3n) is 6.13. The van der Waals surface area contributed by atoms with Crippen LogP contribution in [0.4, 0.5) is 0 Å². The highest BCUT2D eigenvalue weighted by Crippen LogP contribution is 2.33. The molecule has 3 unspecified atom stereocenters. The van der Waals surface area contributed by atoms with Crippen LogP contribution in [0.15, 0.2) is 48.5 Å². The molecular weight excluding hydrogens is 390 g/mol. The lowest BCUT2D eigenvalue weighted by atomic mass is 9.93. The minimum atomic E-state index is -0.0468. The van der Waals surface area contributed by atoms with E-state index in [9.17, 15) is 9.90 Å². The van der Waals surface area contributed by atoms with Gasteiger partial charge in [-0.2, -0.15) is 0 Å². The van der Waals surface area contributed by atoms with Crippen molar-refractivity contribution in [2.24, 2.45) is 0 Å².